The van der Waals surface area contributed by atoms with Gasteiger partial charge >= 0.3 is 6.03 Å². The largest absolute Gasteiger partial charge is 0.338 e. The average Bonchev–Trinajstić information content (AvgIpc) is 2.54. The van der Waals surface area contributed by atoms with Gasteiger partial charge in [0.05, 0.1) is 0 Å². The van der Waals surface area contributed by atoms with E-state index in [-0.39, 0.29) is 6.03 Å². The number of benzene rings is 2. The minimum absolute atomic E-state index is 0.0983. The minimum atomic E-state index is -0.0983. The number of urea groups is 1. The van der Waals surface area contributed by atoms with E-state index in [1.807, 2.05) is 42.5 Å². The van der Waals surface area contributed by atoms with Crippen molar-refractivity contribution in [3.8, 4) is 0 Å². The summed E-state index contributed by atoms with van der Waals surface area (Å²) >= 11 is 4.25. The fraction of sp³-hybridized carbons (Fsp3) is 0.278. The van der Waals surface area contributed by atoms with Gasteiger partial charge in [-0.2, -0.15) is 0 Å². The van der Waals surface area contributed by atoms with Crippen molar-refractivity contribution < 1.29 is 4.79 Å². The molecule has 2 aromatic rings. The lowest BCUT2D eigenvalue weighted by atomic mass is 10.1. The van der Waals surface area contributed by atoms with Crippen LogP contribution in [0.15, 0.2) is 59.5 Å². The quantitative estimate of drug-likeness (QED) is 0.532. The number of hydrogen-bond donors (Lipinski definition) is 3. The van der Waals surface area contributed by atoms with E-state index < -0.39 is 0 Å². The van der Waals surface area contributed by atoms with Gasteiger partial charge in [-0.05, 0) is 42.5 Å². The van der Waals surface area contributed by atoms with Crippen LogP contribution in [0.4, 0.5) is 4.79 Å². The van der Waals surface area contributed by atoms with Crippen LogP contribution >= 0.6 is 12.6 Å². The van der Waals surface area contributed by atoms with Crippen LogP contribution in [0.3, 0.4) is 0 Å². The number of rotatable bonds is 7. The normalized spacial score (nSPS) is 10.2. The molecule has 116 valence electrons. The fourth-order valence-corrected chi connectivity index (χ4v) is 2.33. The first-order chi connectivity index (χ1) is 10.7. The number of hydrogen-bond acceptors (Lipinski definition) is 2. The van der Waals surface area contributed by atoms with E-state index in [1.54, 1.807) is 0 Å². The van der Waals surface area contributed by atoms with Gasteiger partial charge in [-0.25, -0.2) is 4.79 Å². The Hall–Kier alpha value is -1.94. The van der Waals surface area contributed by atoms with Crippen LogP contribution in [-0.4, -0.2) is 19.1 Å². The van der Waals surface area contributed by atoms with E-state index in [0.29, 0.717) is 13.1 Å². The van der Waals surface area contributed by atoms with Crippen LogP contribution in [0, 0.1) is 0 Å². The summed E-state index contributed by atoms with van der Waals surface area (Å²) < 4.78 is 0. The third kappa shape index (κ3) is 6.22. The molecule has 0 atom stereocenters. The van der Waals surface area contributed by atoms with Gasteiger partial charge in [0.15, 0.2) is 0 Å². The molecule has 4 heteroatoms. The summed E-state index contributed by atoms with van der Waals surface area (Å²) in [4.78, 5) is 12.6. The summed E-state index contributed by atoms with van der Waals surface area (Å²) in [6.07, 6.45) is 2.75. The molecule has 0 fully saturated rings. The zero-order chi connectivity index (χ0) is 15.6. The second-order valence-corrected chi connectivity index (χ2v) is 5.70. The maximum Gasteiger partial charge on any atom is 0.314 e. The molecule has 2 amide bonds. The summed E-state index contributed by atoms with van der Waals surface area (Å²) in [5.41, 5.74) is 2.50. The summed E-state index contributed by atoms with van der Waals surface area (Å²) in [7, 11) is 0. The first-order valence-electron chi connectivity index (χ1n) is 7.57. The van der Waals surface area contributed by atoms with Gasteiger partial charge in [0.1, 0.15) is 0 Å². The Morgan fingerprint density at radius 2 is 1.45 bits per heavy atom. The van der Waals surface area contributed by atoms with Gasteiger partial charge in [-0.15, -0.1) is 12.6 Å². The zero-order valence-corrected chi connectivity index (χ0v) is 13.5. The number of nitrogens with one attached hydrogen (secondary N) is 2. The molecule has 2 aromatic carbocycles. The molecule has 0 aliphatic carbocycles. The van der Waals surface area contributed by atoms with Crippen LogP contribution in [0.2, 0.25) is 0 Å². The highest BCUT2D eigenvalue weighted by Crippen LogP contribution is 2.07. The number of carbonyl (C=O) groups excluding carboxylic acids is 1. The van der Waals surface area contributed by atoms with Crippen molar-refractivity contribution in [2.75, 3.05) is 13.1 Å². The highest BCUT2D eigenvalue weighted by molar-refractivity contribution is 7.80. The van der Waals surface area contributed by atoms with Crippen molar-refractivity contribution in [1.82, 2.24) is 10.6 Å². The lowest BCUT2D eigenvalue weighted by Crippen LogP contribution is -2.37. The van der Waals surface area contributed by atoms with Gasteiger partial charge in [-0.1, -0.05) is 42.5 Å². The van der Waals surface area contributed by atoms with Crippen molar-refractivity contribution in [3.63, 3.8) is 0 Å². The van der Waals surface area contributed by atoms with Crippen molar-refractivity contribution in [2.45, 2.75) is 24.2 Å². The van der Waals surface area contributed by atoms with Gasteiger partial charge in [0.25, 0.3) is 0 Å². The Balaban J connectivity index is 1.55. The topological polar surface area (TPSA) is 41.1 Å². The Labute approximate surface area is 137 Å². The van der Waals surface area contributed by atoms with Gasteiger partial charge in [0, 0.05) is 18.0 Å². The predicted octanol–water partition coefficient (Wildman–Crippen LogP) is 3.45. The SMILES string of the molecule is O=C(NCCCc1ccccc1)NCCc1ccc(S)cc1. The van der Waals surface area contributed by atoms with Crippen LogP contribution in [0.1, 0.15) is 17.5 Å². The van der Waals surface area contributed by atoms with Crippen LogP contribution in [-0.2, 0) is 12.8 Å². The Kier molecular flexibility index (Phi) is 6.84. The number of thiol groups is 1. The van der Waals surface area contributed by atoms with Crippen molar-refractivity contribution in [3.05, 3.63) is 65.7 Å². The Bertz CT molecular complexity index is 569. The van der Waals surface area contributed by atoms with Crippen LogP contribution < -0.4 is 10.6 Å². The second-order valence-electron chi connectivity index (χ2n) is 5.19. The third-order valence-corrected chi connectivity index (χ3v) is 3.70. The van der Waals surface area contributed by atoms with Crippen molar-refractivity contribution in [2.24, 2.45) is 0 Å². The van der Waals surface area contributed by atoms with E-state index in [2.05, 4.69) is 35.4 Å². The molecule has 0 aliphatic rings. The molecule has 0 spiro atoms. The van der Waals surface area contributed by atoms with Crippen molar-refractivity contribution in [1.29, 1.82) is 0 Å². The number of amides is 2. The fourth-order valence-electron chi connectivity index (χ4n) is 2.18. The Morgan fingerprint density at radius 3 is 2.18 bits per heavy atom. The Morgan fingerprint density at radius 1 is 0.818 bits per heavy atom. The van der Waals surface area contributed by atoms with Crippen molar-refractivity contribution >= 4 is 18.7 Å². The molecular weight excluding hydrogens is 292 g/mol. The van der Waals surface area contributed by atoms with E-state index in [9.17, 15) is 4.79 Å². The smallest absolute Gasteiger partial charge is 0.314 e. The highest BCUT2D eigenvalue weighted by Gasteiger charge is 2.00. The molecule has 2 rings (SSSR count). The molecule has 0 bridgehead atoms. The summed E-state index contributed by atoms with van der Waals surface area (Å²) in [5, 5.41) is 5.76. The molecule has 0 aromatic heterocycles. The zero-order valence-electron chi connectivity index (χ0n) is 12.6. The summed E-state index contributed by atoms with van der Waals surface area (Å²) in [5.74, 6) is 0. The van der Waals surface area contributed by atoms with E-state index >= 15 is 0 Å². The molecule has 0 unspecified atom stereocenters. The van der Waals surface area contributed by atoms with Gasteiger partial charge in [0.2, 0.25) is 0 Å². The maximum atomic E-state index is 11.7. The monoisotopic (exact) mass is 314 g/mol. The third-order valence-electron chi connectivity index (χ3n) is 3.41. The highest BCUT2D eigenvalue weighted by atomic mass is 32.1. The summed E-state index contributed by atoms with van der Waals surface area (Å²) in [6.45, 7) is 1.32. The number of aryl methyl sites for hydroxylation is 1. The molecule has 0 saturated heterocycles. The maximum absolute atomic E-state index is 11.7. The minimum Gasteiger partial charge on any atom is -0.338 e. The predicted molar refractivity (Wildman–Crippen MR) is 93.6 cm³/mol. The molecular formula is C18H22N2OS. The van der Waals surface area contributed by atoms with Gasteiger partial charge < -0.3 is 10.6 Å². The van der Waals surface area contributed by atoms with Crippen LogP contribution in [0.25, 0.3) is 0 Å². The first kappa shape index (κ1) is 16.4. The molecule has 0 aliphatic heterocycles. The second kappa shape index (κ2) is 9.15. The number of carbonyl (C=O) groups is 1. The average molecular weight is 314 g/mol. The molecule has 22 heavy (non-hydrogen) atoms. The lowest BCUT2D eigenvalue weighted by molar-refractivity contribution is 0.241. The summed E-state index contributed by atoms with van der Waals surface area (Å²) in [6, 6.07) is 18.2. The molecule has 0 saturated carbocycles. The molecule has 2 N–H and O–H groups in total. The van der Waals surface area contributed by atoms with E-state index in [1.165, 1.54) is 11.1 Å². The van der Waals surface area contributed by atoms with Gasteiger partial charge in [-0.3, -0.25) is 0 Å². The molecule has 0 heterocycles. The molecule has 0 radical (unpaired) electrons. The molecule has 3 nitrogen and oxygen atoms in total. The van der Waals surface area contributed by atoms with Crippen LogP contribution in [0.5, 0.6) is 0 Å². The lowest BCUT2D eigenvalue weighted by Gasteiger charge is -2.08. The first-order valence-corrected chi connectivity index (χ1v) is 8.02. The standard InChI is InChI=1S/C18H22N2OS/c21-18(19-13-4-7-15-5-2-1-3-6-15)20-14-12-16-8-10-17(22)11-9-16/h1-3,5-6,8-11,22H,4,7,12-14H2,(H2,19,20,21). The van der Waals surface area contributed by atoms with E-state index in [4.69, 9.17) is 0 Å². The van der Waals surface area contributed by atoms with E-state index in [0.717, 1.165) is 24.2 Å².